The van der Waals surface area contributed by atoms with Crippen molar-refractivity contribution < 1.29 is 0 Å². The van der Waals surface area contributed by atoms with Gasteiger partial charge in [0, 0.05) is 18.8 Å². The zero-order valence-corrected chi connectivity index (χ0v) is 11.0. The third-order valence-electron chi connectivity index (χ3n) is 2.88. The fraction of sp³-hybridized carbons (Fsp3) is 0.769. The summed E-state index contributed by atoms with van der Waals surface area (Å²) in [6.45, 7) is 0. The predicted molar refractivity (Wildman–Crippen MR) is 73.1 cm³/mol. The quantitative estimate of drug-likeness (QED) is 0.469. The second kappa shape index (κ2) is 9.76. The summed E-state index contributed by atoms with van der Waals surface area (Å²) in [5.74, 6) is 2.18. The van der Waals surface area contributed by atoms with Crippen molar-refractivity contribution in [3.05, 3.63) is 18.2 Å². The average Bonchev–Trinajstić information content (AvgIpc) is 2.80. The third-order valence-corrected chi connectivity index (χ3v) is 3.19. The summed E-state index contributed by atoms with van der Waals surface area (Å²) in [5.41, 5.74) is 0. The fourth-order valence-electron chi connectivity index (χ4n) is 1.90. The van der Waals surface area contributed by atoms with Crippen LogP contribution in [0.4, 0.5) is 0 Å². The molecule has 0 radical (unpaired) electrons. The molecule has 0 amide bonds. The Morgan fingerprint density at radius 1 is 0.938 bits per heavy atom. The largest absolute Gasteiger partial charge is 0.349 e. The Morgan fingerprint density at radius 2 is 1.56 bits per heavy atom. The Bertz CT molecular complexity index is 234. The van der Waals surface area contributed by atoms with Crippen LogP contribution in [0.3, 0.4) is 0 Å². The summed E-state index contributed by atoms with van der Waals surface area (Å²) in [4.78, 5) is 7.37. The van der Waals surface area contributed by atoms with Crippen LogP contribution >= 0.6 is 12.6 Å². The maximum absolute atomic E-state index is 4.22. The monoisotopic (exact) mass is 240 g/mol. The van der Waals surface area contributed by atoms with Gasteiger partial charge in [0.05, 0.1) is 0 Å². The molecule has 0 aliphatic rings. The maximum atomic E-state index is 4.22. The number of nitrogens with zero attached hydrogens (tertiary/aromatic N) is 1. The van der Waals surface area contributed by atoms with Crippen LogP contribution in [0.2, 0.25) is 0 Å². The molecule has 0 atom stereocenters. The van der Waals surface area contributed by atoms with E-state index < -0.39 is 0 Å². The van der Waals surface area contributed by atoms with Gasteiger partial charge in [0.1, 0.15) is 5.82 Å². The van der Waals surface area contributed by atoms with E-state index in [-0.39, 0.29) is 0 Å². The topological polar surface area (TPSA) is 28.7 Å². The lowest BCUT2D eigenvalue weighted by Crippen LogP contribution is -1.88. The number of hydrogen-bond acceptors (Lipinski definition) is 2. The number of aryl methyl sites for hydroxylation is 1. The van der Waals surface area contributed by atoms with Crippen LogP contribution < -0.4 is 0 Å². The lowest BCUT2D eigenvalue weighted by Gasteiger charge is -2.01. The molecule has 0 saturated heterocycles. The van der Waals surface area contributed by atoms with Crippen molar-refractivity contribution in [3.63, 3.8) is 0 Å². The van der Waals surface area contributed by atoms with E-state index in [1.54, 1.807) is 0 Å². The van der Waals surface area contributed by atoms with Crippen LogP contribution in [0.15, 0.2) is 12.4 Å². The van der Waals surface area contributed by atoms with Crippen LogP contribution in [-0.4, -0.2) is 15.7 Å². The van der Waals surface area contributed by atoms with Crippen LogP contribution in [0.1, 0.15) is 57.2 Å². The molecule has 3 heteroatoms. The van der Waals surface area contributed by atoms with Gasteiger partial charge in [-0.25, -0.2) is 4.98 Å². The standard InChI is InChI=1S/C13H24N2S/c16-12-8-6-4-2-1-3-5-7-9-13-14-10-11-15-13/h10-11,16H,1-9,12H2,(H,14,15). The highest BCUT2D eigenvalue weighted by molar-refractivity contribution is 7.80. The van der Waals surface area contributed by atoms with Crippen molar-refractivity contribution in [1.82, 2.24) is 9.97 Å². The van der Waals surface area contributed by atoms with Gasteiger partial charge in [-0.1, -0.05) is 38.5 Å². The zero-order valence-electron chi connectivity index (χ0n) is 10.1. The molecule has 1 rings (SSSR count). The minimum absolute atomic E-state index is 1.04. The van der Waals surface area contributed by atoms with E-state index in [0.29, 0.717) is 0 Å². The Kier molecular flexibility index (Phi) is 8.31. The maximum Gasteiger partial charge on any atom is 0.105 e. The van der Waals surface area contributed by atoms with E-state index in [2.05, 4.69) is 22.6 Å². The van der Waals surface area contributed by atoms with E-state index in [1.807, 2.05) is 12.4 Å². The van der Waals surface area contributed by atoms with Crippen molar-refractivity contribution >= 4 is 12.6 Å². The summed E-state index contributed by atoms with van der Waals surface area (Å²) < 4.78 is 0. The van der Waals surface area contributed by atoms with Gasteiger partial charge in [-0.2, -0.15) is 12.6 Å². The van der Waals surface area contributed by atoms with Gasteiger partial charge in [-0.3, -0.25) is 0 Å². The molecule has 0 aliphatic heterocycles. The lowest BCUT2D eigenvalue weighted by atomic mass is 10.1. The molecular formula is C13H24N2S. The normalized spacial score (nSPS) is 10.8. The van der Waals surface area contributed by atoms with Crippen molar-refractivity contribution in [2.75, 3.05) is 5.75 Å². The highest BCUT2D eigenvalue weighted by Gasteiger charge is 1.95. The molecule has 1 heterocycles. The number of imidazole rings is 1. The van der Waals surface area contributed by atoms with Gasteiger partial charge in [0.2, 0.25) is 0 Å². The van der Waals surface area contributed by atoms with Gasteiger partial charge in [0.25, 0.3) is 0 Å². The molecule has 92 valence electrons. The highest BCUT2D eigenvalue weighted by atomic mass is 32.1. The predicted octanol–water partition coefficient (Wildman–Crippen LogP) is 4.00. The summed E-state index contributed by atoms with van der Waals surface area (Å²) in [6, 6.07) is 0. The van der Waals surface area contributed by atoms with Crippen LogP contribution in [-0.2, 0) is 6.42 Å². The summed E-state index contributed by atoms with van der Waals surface area (Å²) in [7, 11) is 0. The number of hydrogen-bond donors (Lipinski definition) is 2. The summed E-state index contributed by atoms with van der Waals surface area (Å²) in [6.07, 6.45) is 15.6. The van der Waals surface area contributed by atoms with Crippen LogP contribution in [0, 0.1) is 0 Å². The number of H-pyrrole nitrogens is 1. The molecule has 0 fully saturated rings. The van der Waals surface area contributed by atoms with Gasteiger partial charge in [-0.15, -0.1) is 0 Å². The Balaban J connectivity index is 1.78. The van der Waals surface area contributed by atoms with Gasteiger partial charge >= 0.3 is 0 Å². The molecule has 1 N–H and O–H groups in total. The van der Waals surface area contributed by atoms with Gasteiger partial charge in [-0.05, 0) is 18.6 Å². The smallest absolute Gasteiger partial charge is 0.105 e. The number of thiol groups is 1. The first kappa shape index (κ1) is 13.6. The second-order valence-corrected chi connectivity index (χ2v) is 4.79. The first-order valence-corrected chi connectivity index (χ1v) is 7.16. The Morgan fingerprint density at radius 3 is 2.12 bits per heavy atom. The molecular weight excluding hydrogens is 216 g/mol. The number of aromatic nitrogens is 2. The zero-order chi connectivity index (χ0) is 11.5. The van der Waals surface area contributed by atoms with Crippen molar-refractivity contribution in [2.45, 2.75) is 57.8 Å². The number of nitrogens with one attached hydrogen (secondary N) is 1. The van der Waals surface area contributed by atoms with Crippen LogP contribution in [0.25, 0.3) is 0 Å². The highest BCUT2D eigenvalue weighted by Crippen LogP contribution is 2.10. The Labute approximate surface area is 105 Å². The molecule has 1 aromatic rings. The first-order chi connectivity index (χ1) is 7.93. The third kappa shape index (κ3) is 6.94. The van der Waals surface area contributed by atoms with Crippen molar-refractivity contribution in [2.24, 2.45) is 0 Å². The number of rotatable bonds is 10. The first-order valence-electron chi connectivity index (χ1n) is 6.52. The lowest BCUT2D eigenvalue weighted by molar-refractivity contribution is 0.573. The average molecular weight is 240 g/mol. The minimum atomic E-state index is 1.04. The summed E-state index contributed by atoms with van der Waals surface area (Å²) >= 11 is 4.21. The van der Waals surface area contributed by atoms with E-state index >= 15 is 0 Å². The molecule has 0 saturated carbocycles. The summed E-state index contributed by atoms with van der Waals surface area (Å²) in [5, 5.41) is 0. The van der Waals surface area contributed by atoms with E-state index in [1.165, 1.54) is 51.4 Å². The fourth-order valence-corrected chi connectivity index (χ4v) is 2.12. The molecule has 0 aromatic carbocycles. The second-order valence-electron chi connectivity index (χ2n) is 4.34. The minimum Gasteiger partial charge on any atom is -0.349 e. The van der Waals surface area contributed by atoms with Gasteiger partial charge in [0.15, 0.2) is 0 Å². The van der Waals surface area contributed by atoms with E-state index in [9.17, 15) is 0 Å². The molecule has 2 nitrogen and oxygen atoms in total. The number of unbranched alkanes of at least 4 members (excludes halogenated alkanes) is 7. The van der Waals surface area contributed by atoms with E-state index in [0.717, 1.165) is 18.0 Å². The molecule has 0 unspecified atom stereocenters. The molecule has 16 heavy (non-hydrogen) atoms. The van der Waals surface area contributed by atoms with Gasteiger partial charge < -0.3 is 4.98 Å². The SMILES string of the molecule is SCCCCCCCCCCc1ncc[nH]1. The van der Waals surface area contributed by atoms with E-state index in [4.69, 9.17) is 0 Å². The van der Waals surface area contributed by atoms with Crippen molar-refractivity contribution in [1.29, 1.82) is 0 Å². The Hall–Kier alpha value is -0.440. The molecule has 0 aliphatic carbocycles. The van der Waals surface area contributed by atoms with Crippen LogP contribution in [0.5, 0.6) is 0 Å². The molecule has 0 bridgehead atoms. The molecule has 1 aromatic heterocycles. The number of aromatic amines is 1. The van der Waals surface area contributed by atoms with Crippen molar-refractivity contribution in [3.8, 4) is 0 Å². The molecule has 0 spiro atoms.